The molecule has 10 rings (SSSR count). The normalized spacial score (nSPS) is 20.9. The van der Waals surface area contributed by atoms with E-state index in [1.807, 2.05) is 30.3 Å². The van der Waals surface area contributed by atoms with E-state index in [9.17, 15) is 37.2 Å². The van der Waals surface area contributed by atoms with Crippen molar-refractivity contribution in [3.63, 3.8) is 0 Å². The molecule has 5 aliphatic heterocycles. The van der Waals surface area contributed by atoms with E-state index in [2.05, 4.69) is 37.0 Å². The van der Waals surface area contributed by atoms with Gasteiger partial charge in [-0.05, 0) is 116 Å². The van der Waals surface area contributed by atoms with Crippen molar-refractivity contribution in [1.29, 1.82) is 5.26 Å². The number of piperidine rings is 2. The number of anilines is 2. The summed E-state index contributed by atoms with van der Waals surface area (Å²) < 4.78 is 65.1. The Hall–Kier alpha value is -6.75. The average Bonchev–Trinajstić information content (AvgIpc) is 3.89. The molecule has 66 heavy (non-hydrogen) atoms. The summed E-state index contributed by atoms with van der Waals surface area (Å²) in [5, 5.41) is 12.5. The molecular weight excluding hydrogens is 873 g/mol. The second-order valence-corrected chi connectivity index (χ2v) is 19.3. The van der Waals surface area contributed by atoms with Gasteiger partial charge in [0.05, 0.1) is 22.3 Å². The molecule has 4 saturated heterocycles. The van der Waals surface area contributed by atoms with E-state index in [0.717, 1.165) is 73.3 Å². The second kappa shape index (κ2) is 17.2. The standard InChI is InChI=1S/C47H45F2N9O7S/c48-32-15-18-56(26-32)66(63,64)53-41-10-8-39(49)44(38(41)21-50)65-35-6-9-40-37(20-35)47(62)58(27-51-40)34-4-2-33(3-5-34)55-23-28(24-55)22-54-16-13-29(14-17-54)30-1-7-36-31(19-30)25-57(46(36)61)42-11-12-43(59)52-45(42)60/h1-10,19-20,27-29,32,42,53H,11-18,22-26H2,(H,52,59,60)/t32-,42+/m1/s1. The third-order valence-electron chi connectivity index (χ3n) is 13.4. The van der Waals surface area contributed by atoms with E-state index < -0.39 is 51.0 Å². The number of nitriles is 1. The van der Waals surface area contributed by atoms with Crippen LogP contribution in [0, 0.1) is 23.1 Å². The first-order valence-electron chi connectivity index (χ1n) is 22.0. The van der Waals surface area contributed by atoms with Crippen LogP contribution in [0.3, 0.4) is 0 Å². The van der Waals surface area contributed by atoms with Crippen LogP contribution in [0.4, 0.5) is 20.2 Å². The summed E-state index contributed by atoms with van der Waals surface area (Å²) in [6.07, 6.45) is 2.77. The number of alkyl halides is 1. The predicted molar refractivity (Wildman–Crippen MR) is 239 cm³/mol. The number of carbonyl (C=O) groups excluding carboxylic acids is 3. The molecular formula is C47H45F2N9O7S. The van der Waals surface area contributed by atoms with Crippen molar-refractivity contribution in [3.05, 3.63) is 118 Å². The number of carbonyl (C=O) groups is 3. The average molecular weight is 918 g/mol. The first kappa shape index (κ1) is 43.2. The van der Waals surface area contributed by atoms with Crippen molar-refractivity contribution < 1.29 is 36.3 Å². The summed E-state index contributed by atoms with van der Waals surface area (Å²) in [7, 11) is -4.24. The minimum Gasteiger partial charge on any atom is -0.453 e. The second-order valence-electron chi connectivity index (χ2n) is 17.6. The number of amides is 3. The third-order valence-corrected chi connectivity index (χ3v) is 14.9. The van der Waals surface area contributed by atoms with Crippen LogP contribution in [0.5, 0.6) is 11.5 Å². The minimum absolute atomic E-state index is 0.0147. The molecule has 0 radical (unpaired) electrons. The number of halogens is 2. The van der Waals surface area contributed by atoms with Crippen molar-refractivity contribution in [3.8, 4) is 23.3 Å². The van der Waals surface area contributed by atoms with Crippen LogP contribution >= 0.6 is 0 Å². The lowest BCUT2D eigenvalue weighted by Gasteiger charge is -2.44. The number of benzene rings is 4. The molecule has 4 fully saturated rings. The van der Waals surface area contributed by atoms with Gasteiger partial charge in [-0.3, -0.25) is 33.8 Å². The van der Waals surface area contributed by atoms with E-state index in [0.29, 0.717) is 41.6 Å². The highest BCUT2D eigenvalue weighted by Crippen LogP contribution is 2.37. The SMILES string of the molecule is N#Cc1c(NS(=O)(=O)N2CC[C@@H](F)C2)ccc(F)c1Oc1ccc2ncn(-c3ccc(N4CC(CN5CCC(c6ccc7c(c6)CN([C@H]6CCC(=O)NC6=O)C7=O)CC5)C4)cc3)c(=O)c2c1. The Bertz CT molecular complexity index is 3000. The Morgan fingerprint density at radius 2 is 1.67 bits per heavy atom. The maximum absolute atomic E-state index is 15.2. The number of ether oxygens (including phenoxy) is 1. The summed E-state index contributed by atoms with van der Waals surface area (Å²) in [4.78, 5) is 62.0. The first-order valence-corrected chi connectivity index (χ1v) is 23.4. The smallest absolute Gasteiger partial charge is 0.301 e. The Labute approximate surface area is 378 Å². The van der Waals surface area contributed by atoms with Gasteiger partial charge >= 0.3 is 10.2 Å². The van der Waals surface area contributed by atoms with Crippen LogP contribution in [0.2, 0.25) is 0 Å². The quantitative estimate of drug-likeness (QED) is 0.170. The lowest BCUT2D eigenvalue weighted by molar-refractivity contribution is -0.136. The highest BCUT2D eigenvalue weighted by molar-refractivity contribution is 7.90. The van der Waals surface area contributed by atoms with Crippen LogP contribution in [-0.2, 0) is 26.3 Å². The van der Waals surface area contributed by atoms with E-state index in [1.54, 1.807) is 11.0 Å². The molecule has 0 spiro atoms. The summed E-state index contributed by atoms with van der Waals surface area (Å²) >= 11 is 0. The van der Waals surface area contributed by atoms with E-state index >= 15 is 4.39 Å². The van der Waals surface area contributed by atoms with Crippen molar-refractivity contribution in [1.82, 2.24) is 29.0 Å². The fourth-order valence-electron chi connectivity index (χ4n) is 9.81. The van der Waals surface area contributed by atoms with Crippen molar-refractivity contribution >= 4 is 50.2 Å². The zero-order valence-electron chi connectivity index (χ0n) is 35.7. The molecule has 5 aliphatic rings. The third kappa shape index (κ3) is 8.24. The Morgan fingerprint density at radius 1 is 0.894 bits per heavy atom. The highest BCUT2D eigenvalue weighted by atomic mass is 32.2. The molecule has 0 aliphatic carbocycles. The number of aromatic nitrogens is 2. The van der Waals surface area contributed by atoms with Crippen LogP contribution in [0.15, 0.2) is 83.9 Å². The molecule has 4 aromatic carbocycles. The van der Waals surface area contributed by atoms with Crippen LogP contribution < -0.4 is 25.2 Å². The Balaban J connectivity index is 0.740. The lowest BCUT2D eigenvalue weighted by Crippen LogP contribution is -2.52. The molecule has 0 saturated carbocycles. The molecule has 2 N–H and O–H groups in total. The molecule has 2 atom stereocenters. The van der Waals surface area contributed by atoms with Gasteiger partial charge in [0.15, 0.2) is 11.6 Å². The molecule has 5 aromatic rings. The molecule has 6 heterocycles. The van der Waals surface area contributed by atoms with Gasteiger partial charge in [-0.1, -0.05) is 12.1 Å². The number of imide groups is 1. The monoisotopic (exact) mass is 917 g/mol. The summed E-state index contributed by atoms with van der Waals surface area (Å²) in [6, 6.07) is 21.3. The van der Waals surface area contributed by atoms with Gasteiger partial charge in [0, 0.05) is 62.9 Å². The molecule has 340 valence electrons. The number of fused-ring (bicyclic) bond motifs is 2. The van der Waals surface area contributed by atoms with Gasteiger partial charge in [-0.2, -0.15) is 18.0 Å². The fraction of sp³-hybridized carbons (Fsp3) is 0.362. The maximum atomic E-state index is 15.2. The Morgan fingerprint density at radius 3 is 2.39 bits per heavy atom. The van der Waals surface area contributed by atoms with Gasteiger partial charge in [0.2, 0.25) is 11.8 Å². The Kier molecular flexibility index (Phi) is 11.3. The summed E-state index contributed by atoms with van der Waals surface area (Å²) in [5.41, 5.74) is 3.69. The van der Waals surface area contributed by atoms with E-state index in [4.69, 9.17) is 4.74 Å². The largest absolute Gasteiger partial charge is 0.453 e. The number of nitrogens with zero attached hydrogens (tertiary/aromatic N) is 7. The van der Waals surface area contributed by atoms with Crippen LogP contribution in [0.25, 0.3) is 16.6 Å². The number of nitrogens with one attached hydrogen (secondary N) is 2. The molecule has 19 heteroatoms. The zero-order chi connectivity index (χ0) is 45.9. The lowest BCUT2D eigenvalue weighted by atomic mass is 9.87. The minimum atomic E-state index is -4.24. The predicted octanol–water partition coefficient (Wildman–Crippen LogP) is 4.97. The molecule has 0 unspecified atom stereocenters. The molecule has 3 amide bonds. The van der Waals surface area contributed by atoms with Gasteiger partial charge in [0.25, 0.3) is 11.5 Å². The van der Waals surface area contributed by atoms with E-state index in [1.165, 1.54) is 34.7 Å². The van der Waals surface area contributed by atoms with Crippen molar-refractivity contribution in [2.24, 2.45) is 5.92 Å². The summed E-state index contributed by atoms with van der Waals surface area (Å²) in [6.45, 7) is 4.78. The summed E-state index contributed by atoms with van der Waals surface area (Å²) in [5.74, 6) is -1.42. The zero-order valence-corrected chi connectivity index (χ0v) is 36.5. The number of hydrogen-bond donors (Lipinski definition) is 2. The van der Waals surface area contributed by atoms with Crippen molar-refractivity contribution in [2.75, 3.05) is 55.4 Å². The number of rotatable bonds is 11. The van der Waals surface area contributed by atoms with Gasteiger partial charge in [0.1, 0.15) is 35.9 Å². The van der Waals surface area contributed by atoms with Gasteiger partial charge < -0.3 is 19.4 Å². The number of likely N-dealkylation sites (tertiary alicyclic amines) is 1. The van der Waals surface area contributed by atoms with Gasteiger partial charge in [-0.25, -0.2) is 13.8 Å². The van der Waals surface area contributed by atoms with Crippen LogP contribution in [0.1, 0.15) is 65.1 Å². The van der Waals surface area contributed by atoms with Crippen molar-refractivity contribution in [2.45, 2.75) is 56.8 Å². The van der Waals surface area contributed by atoms with Crippen LogP contribution in [-0.4, -0.2) is 108 Å². The highest BCUT2D eigenvalue weighted by Gasteiger charge is 2.40. The van der Waals surface area contributed by atoms with Gasteiger partial charge in [-0.15, -0.1) is 0 Å². The maximum Gasteiger partial charge on any atom is 0.301 e. The molecule has 0 bridgehead atoms. The number of hydrogen-bond acceptors (Lipinski definition) is 11. The van der Waals surface area contributed by atoms with E-state index in [-0.39, 0.29) is 54.6 Å². The fourth-order valence-corrected chi connectivity index (χ4v) is 11.1. The molecule has 16 nitrogen and oxygen atoms in total. The first-order chi connectivity index (χ1) is 31.8. The topological polar surface area (TPSA) is 190 Å². The molecule has 1 aromatic heterocycles.